The molecule has 0 radical (unpaired) electrons. The maximum atomic E-state index is 5.70. The molecule has 0 aromatic heterocycles. The molecule has 2 heterocycles. The Morgan fingerprint density at radius 3 is 1.30 bits per heavy atom. The van der Waals surface area contributed by atoms with Crippen molar-refractivity contribution in [3.63, 3.8) is 0 Å². The van der Waals surface area contributed by atoms with Crippen molar-refractivity contribution in [1.82, 2.24) is 10.6 Å². The number of nitrogens with one attached hydrogen (secondary N) is 2. The molecule has 2 aliphatic rings. The highest BCUT2D eigenvalue weighted by atomic mass is 16.5. The largest absolute Gasteiger partial charge is 0.493 e. The van der Waals surface area contributed by atoms with Crippen molar-refractivity contribution in [3.8, 4) is 23.0 Å². The van der Waals surface area contributed by atoms with E-state index < -0.39 is 0 Å². The molecule has 6 nitrogen and oxygen atoms in total. The van der Waals surface area contributed by atoms with Crippen molar-refractivity contribution in [2.24, 2.45) is 11.8 Å². The fraction of sp³-hybridized carbons (Fsp3) is 0.676. The normalized spacial score (nSPS) is 19.2. The van der Waals surface area contributed by atoms with E-state index in [0.717, 1.165) is 48.9 Å². The Labute approximate surface area is 261 Å². The highest BCUT2D eigenvalue weighted by molar-refractivity contribution is 5.50. The number of hydrogen-bond acceptors (Lipinski definition) is 6. The van der Waals surface area contributed by atoms with Gasteiger partial charge in [0.1, 0.15) is 0 Å². The van der Waals surface area contributed by atoms with Crippen LogP contribution in [0.4, 0.5) is 0 Å². The molecular formula is C37H58N2O4. The molecule has 0 bridgehead atoms. The van der Waals surface area contributed by atoms with E-state index in [1.165, 1.54) is 92.9 Å². The van der Waals surface area contributed by atoms with Crippen LogP contribution in [0.5, 0.6) is 23.0 Å². The highest BCUT2D eigenvalue weighted by Crippen LogP contribution is 2.42. The maximum absolute atomic E-state index is 5.70. The molecule has 0 unspecified atom stereocenters. The summed E-state index contributed by atoms with van der Waals surface area (Å²) in [5.41, 5.74) is 5.66. The lowest BCUT2D eigenvalue weighted by Gasteiger charge is -2.35. The Kier molecular flexibility index (Phi) is 13.3. The lowest BCUT2D eigenvalue weighted by atomic mass is 9.79. The van der Waals surface area contributed by atoms with E-state index in [1.807, 2.05) is 0 Å². The first-order chi connectivity index (χ1) is 21.1. The average molecular weight is 595 g/mol. The zero-order valence-electron chi connectivity index (χ0n) is 27.9. The third kappa shape index (κ3) is 8.39. The van der Waals surface area contributed by atoms with Gasteiger partial charge in [-0.05, 0) is 110 Å². The molecule has 0 spiro atoms. The van der Waals surface area contributed by atoms with Crippen LogP contribution in [0.3, 0.4) is 0 Å². The first kappa shape index (κ1) is 33.5. The standard InChI is InChI=1S/C37H58N2O4/c1-7-9-14-26(36-30-24-34(42-5)32(40-3)22-28(30)18-20-38-36)16-12-11-13-17-27(15-10-8-2)37-31-25-35(43-6)33(41-4)23-29(31)19-21-39-37/h22-27,36-39H,7-21H2,1-6H3/t26-,27+,36-,37-/m1/s1. The number of benzene rings is 2. The van der Waals surface area contributed by atoms with E-state index in [-0.39, 0.29) is 0 Å². The summed E-state index contributed by atoms with van der Waals surface area (Å²) in [4.78, 5) is 0. The van der Waals surface area contributed by atoms with Gasteiger partial charge in [0, 0.05) is 12.1 Å². The number of unbranched alkanes of at least 4 members (excludes halogenated alkanes) is 4. The molecule has 0 amide bonds. The van der Waals surface area contributed by atoms with Crippen molar-refractivity contribution < 1.29 is 18.9 Å². The molecule has 2 aromatic rings. The van der Waals surface area contributed by atoms with E-state index >= 15 is 0 Å². The molecule has 6 heteroatoms. The van der Waals surface area contributed by atoms with Gasteiger partial charge in [-0.15, -0.1) is 0 Å². The fourth-order valence-electron chi connectivity index (χ4n) is 7.55. The van der Waals surface area contributed by atoms with Gasteiger partial charge in [0.15, 0.2) is 23.0 Å². The number of fused-ring (bicyclic) bond motifs is 2. The number of rotatable bonds is 18. The zero-order chi connectivity index (χ0) is 30.6. The summed E-state index contributed by atoms with van der Waals surface area (Å²) < 4.78 is 22.6. The summed E-state index contributed by atoms with van der Waals surface area (Å²) in [7, 11) is 6.95. The first-order valence-corrected chi connectivity index (χ1v) is 17.0. The molecule has 43 heavy (non-hydrogen) atoms. The zero-order valence-corrected chi connectivity index (χ0v) is 27.9. The molecule has 2 aromatic carbocycles. The van der Waals surface area contributed by atoms with E-state index in [0.29, 0.717) is 23.9 Å². The van der Waals surface area contributed by atoms with Crippen molar-refractivity contribution in [1.29, 1.82) is 0 Å². The van der Waals surface area contributed by atoms with Gasteiger partial charge in [0.2, 0.25) is 0 Å². The van der Waals surface area contributed by atoms with Crippen molar-refractivity contribution >= 4 is 0 Å². The Hall–Kier alpha value is -2.44. The predicted molar refractivity (Wildman–Crippen MR) is 177 cm³/mol. The lowest BCUT2D eigenvalue weighted by molar-refractivity contribution is 0.278. The molecule has 4 rings (SSSR count). The summed E-state index contributed by atoms with van der Waals surface area (Å²) in [6, 6.07) is 9.67. The lowest BCUT2D eigenvalue weighted by Crippen LogP contribution is -2.35. The minimum atomic E-state index is 0.391. The molecule has 0 fully saturated rings. The third-order valence-corrected chi connectivity index (χ3v) is 9.93. The SMILES string of the molecule is CCCC[C@H](CCCCC[C@H](CCCC)[C@H]1NCCc2cc(OC)c(OC)cc21)[C@H]1NCCc2cc(OC)c(OC)cc21. The minimum absolute atomic E-state index is 0.391. The van der Waals surface area contributed by atoms with Crippen LogP contribution in [-0.4, -0.2) is 41.5 Å². The number of hydrogen-bond donors (Lipinski definition) is 2. The van der Waals surface area contributed by atoms with E-state index in [2.05, 4.69) is 48.7 Å². The van der Waals surface area contributed by atoms with E-state index in [9.17, 15) is 0 Å². The van der Waals surface area contributed by atoms with Crippen molar-refractivity contribution in [2.45, 2.75) is 109 Å². The van der Waals surface area contributed by atoms with Crippen LogP contribution in [0.25, 0.3) is 0 Å². The molecule has 2 N–H and O–H groups in total. The summed E-state index contributed by atoms with van der Waals surface area (Å²) in [6.07, 6.45) is 16.1. The van der Waals surface area contributed by atoms with Gasteiger partial charge in [0.25, 0.3) is 0 Å². The van der Waals surface area contributed by atoms with Crippen LogP contribution >= 0.6 is 0 Å². The molecule has 2 aliphatic heterocycles. The van der Waals surface area contributed by atoms with Gasteiger partial charge in [-0.25, -0.2) is 0 Å². The van der Waals surface area contributed by atoms with Crippen LogP contribution in [0.1, 0.15) is 119 Å². The third-order valence-electron chi connectivity index (χ3n) is 9.93. The van der Waals surface area contributed by atoms with E-state index in [4.69, 9.17) is 18.9 Å². The minimum Gasteiger partial charge on any atom is -0.493 e. The van der Waals surface area contributed by atoms with Crippen LogP contribution in [-0.2, 0) is 12.8 Å². The second-order valence-corrected chi connectivity index (χ2v) is 12.6. The van der Waals surface area contributed by atoms with Crippen LogP contribution in [0.2, 0.25) is 0 Å². The van der Waals surface area contributed by atoms with Crippen molar-refractivity contribution in [2.75, 3.05) is 41.5 Å². The smallest absolute Gasteiger partial charge is 0.161 e. The summed E-state index contributed by atoms with van der Waals surface area (Å²) in [6.45, 7) is 6.68. The molecule has 4 atom stereocenters. The van der Waals surface area contributed by atoms with Gasteiger partial charge in [-0.1, -0.05) is 58.8 Å². The Balaban J connectivity index is 1.40. The first-order valence-electron chi connectivity index (χ1n) is 17.0. The van der Waals surface area contributed by atoms with Gasteiger partial charge in [0.05, 0.1) is 28.4 Å². The average Bonchev–Trinajstić information content (AvgIpc) is 3.05. The van der Waals surface area contributed by atoms with Gasteiger partial charge < -0.3 is 29.6 Å². The molecule has 0 aliphatic carbocycles. The second-order valence-electron chi connectivity index (χ2n) is 12.6. The van der Waals surface area contributed by atoms with Crippen LogP contribution < -0.4 is 29.6 Å². The predicted octanol–water partition coefficient (Wildman–Crippen LogP) is 8.36. The second kappa shape index (κ2) is 17.2. The molecule has 0 saturated carbocycles. The highest BCUT2D eigenvalue weighted by Gasteiger charge is 2.30. The van der Waals surface area contributed by atoms with Gasteiger partial charge >= 0.3 is 0 Å². The molecular weight excluding hydrogens is 536 g/mol. The quantitative estimate of drug-likeness (QED) is 0.169. The van der Waals surface area contributed by atoms with Gasteiger partial charge in [-0.3, -0.25) is 0 Å². The summed E-state index contributed by atoms with van der Waals surface area (Å²) in [5, 5.41) is 7.80. The monoisotopic (exact) mass is 594 g/mol. The Morgan fingerprint density at radius 2 is 0.930 bits per heavy atom. The fourth-order valence-corrected chi connectivity index (χ4v) is 7.55. The molecule has 0 saturated heterocycles. The maximum Gasteiger partial charge on any atom is 0.161 e. The van der Waals surface area contributed by atoms with Crippen molar-refractivity contribution in [3.05, 3.63) is 46.5 Å². The van der Waals surface area contributed by atoms with E-state index in [1.54, 1.807) is 28.4 Å². The number of ether oxygens (including phenoxy) is 4. The van der Waals surface area contributed by atoms with Crippen LogP contribution in [0.15, 0.2) is 24.3 Å². The Bertz CT molecular complexity index is 1050. The van der Waals surface area contributed by atoms with Gasteiger partial charge in [-0.2, -0.15) is 0 Å². The summed E-state index contributed by atoms with van der Waals surface area (Å²) >= 11 is 0. The molecule has 240 valence electrons. The Morgan fingerprint density at radius 1 is 0.558 bits per heavy atom. The topological polar surface area (TPSA) is 61.0 Å². The number of methoxy groups -OCH3 is 4. The van der Waals surface area contributed by atoms with Crippen LogP contribution in [0, 0.1) is 11.8 Å². The summed E-state index contributed by atoms with van der Waals surface area (Å²) in [5.74, 6) is 4.66.